The Morgan fingerprint density at radius 3 is 2.50 bits per heavy atom. The van der Waals surface area contributed by atoms with Crippen molar-refractivity contribution in [1.29, 1.82) is 0 Å². The number of aliphatic carboxylic acids is 1. The fourth-order valence-electron chi connectivity index (χ4n) is 2.70. The Bertz CT molecular complexity index is 486. The van der Waals surface area contributed by atoms with Gasteiger partial charge in [0.2, 0.25) is 0 Å². The van der Waals surface area contributed by atoms with Gasteiger partial charge in [-0.2, -0.15) is 0 Å². The Labute approximate surface area is 126 Å². The van der Waals surface area contributed by atoms with Gasteiger partial charge in [0.25, 0.3) is 5.91 Å². The summed E-state index contributed by atoms with van der Waals surface area (Å²) in [5, 5.41) is 12.1. The average Bonchev–Trinajstić information content (AvgIpc) is 2.45. The summed E-state index contributed by atoms with van der Waals surface area (Å²) in [6, 6.07) is 7.12. The minimum atomic E-state index is -0.743. The van der Waals surface area contributed by atoms with Crippen LogP contribution < -0.4 is 5.32 Å². The molecule has 0 bridgehead atoms. The summed E-state index contributed by atoms with van der Waals surface area (Å²) in [5.74, 6) is -1.17. The number of carboxylic acid groups (broad SMARTS) is 1. The minimum absolute atomic E-state index is 0.0423. The molecular weight excluding hydrogens is 322 g/mol. The van der Waals surface area contributed by atoms with E-state index in [-0.39, 0.29) is 17.7 Å². The number of hydrogen-bond acceptors (Lipinski definition) is 2. The van der Waals surface area contributed by atoms with Gasteiger partial charge < -0.3 is 10.4 Å². The third-order valence-electron chi connectivity index (χ3n) is 3.86. The molecule has 5 heteroatoms. The Balaban J connectivity index is 1.91. The maximum absolute atomic E-state index is 12.0. The van der Waals surface area contributed by atoms with Gasteiger partial charge in [0.1, 0.15) is 0 Å². The molecule has 0 aliphatic heterocycles. The SMILES string of the molecule is O=C(NC[C@@H]1CCCC[C@@H]1C(=O)O)c1ccc(Br)cc1. The first-order valence-corrected chi connectivity index (χ1v) is 7.64. The molecule has 2 rings (SSSR count). The van der Waals surface area contributed by atoms with Gasteiger partial charge in [-0.15, -0.1) is 0 Å². The molecule has 1 saturated carbocycles. The summed E-state index contributed by atoms with van der Waals surface area (Å²) in [7, 11) is 0. The van der Waals surface area contributed by atoms with Gasteiger partial charge in [-0.05, 0) is 43.0 Å². The van der Waals surface area contributed by atoms with Crippen molar-refractivity contribution in [3.8, 4) is 0 Å². The van der Waals surface area contributed by atoms with Gasteiger partial charge in [-0.25, -0.2) is 0 Å². The summed E-state index contributed by atoms with van der Waals surface area (Å²) < 4.78 is 0.923. The molecule has 1 fully saturated rings. The molecule has 0 radical (unpaired) electrons. The van der Waals surface area contributed by atoms with Crippen LogP contribution in [-0.4, -0.2) is 23.5 Å². The number of rotatable bonds is 4. The van der Waals surface area contributed by atoms with Crippen LogP contribution in [-0.2, 0) is 4.79 Å². The Morgan fingerprint density at radius 1 is 1.20 bits per heavy atom. The molecule has 108 valence electrons. The topological polar surface area (TPSA) is 66.4 Å². The van der Waals surface area contributed by atoms with Gasteiger partial charge >= 0.3 is 5.97 Å². The Hall–Kier alpha value is -1.36. The van der Waals surface area contributed by atoms with Crippen LogP contribution in [0.5, 0.6) is 0 Å². The van der Waals surface area contributed by atoms with E-state index in [0.29, 0.717) is 18.5 Å². The van der Waals surface area contributed by atoms with E-state index in [0.717, 1.165) is 23.7 Å². The van der Waals surface area contributed by atoms with Crippen LogP contribution in [0.3, 0.4) is 0 Å². The predicted octanol–water partition coefficient (Wildman–Crippen LogP) is 3.07. The van der Waals surface area contributed by atoms with Crippen LogP contribution in [0.1, 0.15) is 36.0 Å². The van der Waals surface area contributed by atoms with Gasteiger partial charge in [-0.3, -0.25) is 9.59 Å². The second kappa shape index (κ2) is 6.88. The maximum Gasteiger partial charge on any atom is 0.306 e. The number of benzene rings is 1. The van der Waals surface area contributed by atoms with E-state index in [1.165, 1.54) is 0 Å². The number of carbonyl (C=O) groups is 2. The number of halogens is 1. The number of carbonyl (C=O) groups excluding carboxylic acids is 1. The van der Waals surface area contributed by atoms with Crippen LogP contribution in [0, 0.1) is 11.8 Å². The highest BCUT2D eigenvalue weighted by Gasteiger charge is 2.30. The molecule has 2 atom stereocenters. The van der Waals surface area contributed by atoms with Crippen molar-refractivity contribution in [1.82, 2.24) is 5.32 Å². The number of nitrogens with one attached hydrogen (secondary N) is 1. The number of carboxylic acids is 1. The molecule has 1 amide bonds. The van der Waals surface area contributed by atoms with E-state index < -0.39 is 5.97 Å². The Morgan fingerprint density at radius 2 is 1.85 bits per heavy atom. The smallest absolute Gasteiger partial charge is 0.306 e. The number of hydrogen-bond donors (Lipinski definition) is 2. The molecule has 0 saturated heterocycles. The standard InChI is InChI=1S/C15H18BrNO3/c16-12-7-5-10(6-8-12)14(18)17-9-11-3-1-2-4-13(11)15(19)20/h5-8,11,13H,1-4,9H2,(H,17,18)(H,19,20)/t11-,13-/m0/s1. The molecule has 0 unspecified atom stereocenters. The fraction of sp³-hybridized carbons (Fsp3) is 0.467. The first-order valence-electron chi connectivity index (χ1n) is 6.84. The maximum atomic E-state index is 12.0. The normalized spacial score (nSPS) is 22.2. The van der Waals surface area contributed by atoms with Crippen molar-refractivity contribution in [2.45, 2.75) is 25.7 Å². The quantitative estimate of drug-likeness (QED) is 0.885. The van der Waals surface area contributed by atoms with Crippen molar-refractivity contribution in [3.63, 3.8) is 0 Å². The zero-order valence-electron chi connectivity index (χ0n) is 11.1. The predicted molar refractivity (Wildman–Crippen MR) is 79.6 cm³/mol. The van der Waals surface area contributed by atoms with Gasteiger partial charge in [0.05, 0.1) is 5.92 Å². The van der Waals surface area contributed by atoms with Gasteiger partial charge in [0, 0.05) is 16.6 Å². The lowest BCUT2D eigenvalue weighted by Gasteiger charge is -2.28. The minimum Gasteiger partial charge on any atom is -0.481 e. The van der Waals surface area contributed by atoms with Crippen molar-refractivity contribution in [3.05, 3.63) is 34.3 Å². The van der Waals surface area contributed by atoms with Crippen LogP contribution in [0.2, 0.25) is 0 Å². The highest BCUT2D eigenvalue weighted by atomic mass is 79.9. The molecule has 1 aromatic rings. The lowest BCUT2D eigenvalue weighted by molar-refractivity contribution is -0.144. The highest BCUT2D eigenvalue weighted by molar-refractivity contribution is 9.10. The average molecular weight is 340 g/mol. The van der Waals surface area contributed by atoms with Gasteiger partial charge in [0.15, 0.2) is 0 Å². The zero-order valence-corrected chi connectivity index (χ0v) is 12.7. The third-order valence-corrected chi connectivity index (χ3v) is 4.39. The molecule has 4 nitrogen and oxygen atoms in total. The third kappa shape index (κ3) is 3.82. The molecule has 2 N–H and O–H groups in total. The second-order valence-electron chi connectivity index (χ2n) is 5.21. The van der Waals surface area contributed by atoms with Crippen molar-refractivity contribution < 1.29 is 14.7 Å². The molecule has 1 aliphatic rings. The lowest BCUT2D eigenvalue weighted by atomic mass is 9.79. The second-order valence-corrected chi connectivity index (χ2v) is 6.12. The first-order chi connectivity index (χ1) is 9.58. The molecule has 0 aromatic heterocycles. The van der Waals surface area contributed by atoms with E-state index in [1.54, 1.807) is 12.1 Å². The van der Waals surface area contributed by atoms with Crippen LogP contribution in [0.15, 0.2) is 28.7 Å². The van der Waals surface area contributed by atoms with Gasteiger partial charge in [-0.1, -0.05) is 28.8 Å². The van der Waals surface area contributed by atoms with E-state index in [2.05, 4.69) is 21.2 Å². The number of amides is 1. The van der Waals surface area contributed by atoms with Crippen molar-refractivity contribution in [2.24, 2.45) is 11.8 Å². The molecule has 1 aliphatic carbocycles. The lowest BCUT2D eigenvalue weighted by Crippen LogP contribution is -2.37. The summed E-state index contributed by atoms with van der Waals surface area (Å²) in [4.78, 5) is 23.2. The molecule has 1 aromatic carbocycles. The van der Waals surface area contributed by atoms with Crippen molar-refractivity contribution >= 4 is 27.8 Å². The van der Waals surface area contributed by atoms with E-state index in [9.17, 15) is 14.7 Å². The van der Waals surface area contributed by atoms with Crippen LogP contribution >= 0.6 is 15.9 Å². The van der Waals surface area contributed by atoms with E-state index in [4.69, 9.17) is 0 Å². The fourth-order valence-corrected chi connectivity index (χ4v) is 2.97. The van der Waals surface area contributed by atoms with E-state index in [1.807, 2.05) is 12.1 Å². The highest BCUT2D eigenvalue weighted by Crippen LogP contribution is 2.29. The van der Waals surface area contributed by atoms with Crippen LogP contribution in [0.4, 0.5) is 0 Å². The summed E-state index contributed by atoms with van der Waals surface area (Å²) in [6.45, 7) is 0.436. The summed E-state index contributed by atoms with van der Waals surface area (Å²) >= 11 is 3.32. The summed E-state index contributed by atoms with van der Waals surface area (Å²) in [6.07, 6.45) is 3.60. The Kier molecular flexibility index (Phi) is 5.17. The van der Waals surface area contributed by atoms with Crippen LogP contribution in [0.25, 0.3) is 0 Å². The molecule has 20 heavy (non-hydrogen) atoms. The molecular formula is C15H18BrNO3. The molecule has 0 spiro atoms. The largest absolute Gasteiger partial charge is 0.481 e. The van der Waals surface area contributed by atoms with E-state index >= 15 is 0 Å². The molecule has 0 heterocycles. The summed E-state index contributed by atoms with van der Waals surface area (Å²) in [5.41, 5.74) is 0.593. The monoisotopic (exact) mass is 339 g/mol. The first kappa shape index (κ1) is 15.0. The van der Waals surface area contributed by atoms with Crippen molar-refractivity contribution in [2.75, 3.05) is 6.54 Å². The zero-order chi connectivity index (χ0) is 14.5.